The average molecular weight is 764 g/mol. The third kappa shape index (κ3) is 52.4. The van der Waals surface area contributed by atoms with Gasteiger partial charge in [-0.3, -0.25) is 0 Å². The summed E-state index contributed by atoms with van der Waals surface area (Å²) in [4.78, 5) is 0. The first kappa shape index (κ1) is 53.4. The van der Waals surface area contributed by atoms with Crippen LogP contribution in [0.1, 0.15) is 309 Å². The summed E-state index contributed by atoms with van der Waals surface area (Å²) < 4.78 is 0. The average Bonchev–Trinajstić information content (AvgIpc) is 3.14. The van der Waals surface area contributed by atoms with Gasteiger partial charge in [-0.05, 0) is 12.8 Å². The maximum Gasteiger partial charge on any atom is 0.0586 e. The Morgan fingerprint density at radius 2 is 0.283 bits per heavy atom. The molecule has 0 aliphatic carbocycles. The lowest BCUT2D eigenvalue weighted by atomic mass is 10.0. The molecule has 0 heterocycles. The van der Waals surface area contributed by atoms with Crippen LogP contribution in [0.25, 0.3) is 0 Å². The molecule has 0 aromatic rings. The normalized spacial score (nSPS) is 12.0. The third-order valence-electron chi connectivity index (χ3n) is 12.4. The first-order chi connectivity index (χ1) is 26.1. The lowest BCUT2D eigenvalue weighted by molar-refractivity contribution is 0.508. The molecule has 0 aliphatic heterocycles. The summed E-state index contributed by atoms with van der Waals surface area (Å²) in [6.07, 6.45) is 71.6. The van der Waals surface area contributed by atoms with Crippen LogP contribution in [-0.2, 0) is 0 Å². The molecule has 0 radical (unpaired) electrons. The maximum absolute atomic E-state index is 2.49. The topological polar surface area (TPSA) is 0 Å². The molecule has 0 amide bonds. The first-order valence-electron chi connectivity index (χ1n) is 25.9. The van der Waals surface area contributed by atoms with Gasteiger partial charge < -0.3 is 0 Å². The van der Waals surface area contributed by atoms with Crippen molar-refractivity contribution in [3.63, 3.8) is 0 Å². The second-order valence-electron chi connectivity index (χ2n) is 19.3. The molecule has 0 unspecified atom stereocenters. The minimum atomic E-state index is -0.525. The Balaban J connectivity index is 3.06. The Morgan fingerprint density at radius 1 is 0.170 bits per heavy atom. The number of hydrogen-bond donors (Lipinski definition) is 0. The van der Waals surface area contributed by atoms with Crippen molar-refractivity contribution in [3.8, 4) is 0 Å². The summed E-state index contributed by atoms with van der Waals surface area (Å²) in [7, 11) is -0.525. The fourth-order valence-corrected chi connectivity index (χ4v) is 9.79. The van der Waals surface area contributed by atoms with Gasteiger partial charge in [0.1, 0.15) is 0 Å². The van der Waals surface area contributed by atoms with Crippen LogP contribution < -0.4 is 0 Å². The van der Waals surface area contributed by atoms with Gasteiger partial charge >= 0.3 is 0 Å². The zero-order valence-corrected chi connectivity index (χ0v) is 39.3. The Hall–Kier alpha value is 0.430. The second kappa shape index (κ2) is 46.8. The molecule has 53 heavy (non-hydrogen) atoms. The van der Waals surface area contributed by atoms with Gasteiger partial charge in [0, 0.05) is 27.3 Å². The molecule has 0 saturated heterocycles. The van der Waals surface area contributed by atoms with Crippen LogP contribution in [0.5, 0.6) is 0 Å². The summed E-state index contributed by atoms with van der Waals surface area (Å²) in [6, 6.07) is 0. The minimum Gasteiger partial charge on any atom is -0.0654 e. The van der Waals surface area contributed by atoms with Crippen LogP contribution >= 0.6 is 7.26 Å². The van der Waals surface area contributed by atoms with Crippen molar-refractivity contribution in [1.29, 1.82) is 0 Å². The standard InChI is InChI=1S/C52H108P/c1-5-6-7-8-9-10-11-12-13-14-15-16-17-18-19-20-21-22-23-24-25-26-27-28-29-30-31-32-33-34-35-36-37-38-39-40-41-42-43-44-45-46-47-48-49-50-51-52-53(2,3)4/h5-52H2,1-4H3/q+1. The smallest absolute Gasteiger partial charge is 0.0586 e. The molecular weight excluding hydrogens is 656 g/mol. The molecule has 0 N–H and O–H groups in total. The van der Waals surface area contributed by atoms with E-state index in [-0.39, 0.29) is 0 Å². The highest BCUT2D eigenvalue weighted by molar-refractivity contribution is 7.73. The Morgan fingerprint density at radius 3 is 0.396 bits per heavy atom. The van der Waals surface area contributed by atoms with E-state index in [2.05, 4.69) is 26.9 Å². The highest BCUT2D eigenvalue weighted by Gasteiger charge is 2.15. The van der Waals surface area contributed by atoms with E-state index in [0.717, 1.165) is 0 Å². The van der Waals surface area contributed by atoms with Crippen molar-refractivity contribution in [2.45, 2.75) is 309 Å². The Labute approximate surface area is 340 Å². The lowest BCUT2D eigenvalue weighted by Gasteiger charge is -2.10. The Bertz CT molecular complexity index is 619. The molecule has 0 nitrogen and oxygen atoms in total. The molecule has 0 rings (SSSR count). The van der Waals surface area contributed by atoms with Crippen LogP contribution in [0, 0.1) is 0 Å². The SMILES string of the molecule is CCCCCCCCCCCCCCCCCCCCCCCCCCCCCCCCCCCCCCCCCCCCCCCCC[P+](C)(C)C. The lowest BCUT2D eigenvalue weighted by Crippen LogP contribution is -1.93. The summed E-state index contributed by atoms with van der Waals surface area (Å²) >= 11 is 0. The number of hydrogen-bond acceptors (Lipinski definition) is 0. The van der Waals surface area contributed by atoms with E-state index < -0.39 is 7.26 Å². The van der Waals surface area contributed by atoms with Crippen molar-refractivity contribution in [1.82, 2.24) is 0 Å². The van der Waals surface area contributed by atoms with E-state index in [1.54, 1.807) is 0 Å². The van der Waals surface area contributed by atoms with E-state index in [0.29, 0.717) is 0 Å². The maximum atomic E-state index is 2.49. The quantitative estimate of drug-likeness (QED) is 0.0428. The van der Waals surface area contributed by atoms with Crippen molar-refractivity contribution < 1.29 is 0 Å². The van der Waals surface area contributed by atoms with Gasteiger partial charge in [0.05, 0.1) is 6.16 Å². The largest absolute Gasteiger partial charge is 0.0654 e. The molecule has 0 aliphatic rings. The summed E-state index contributed by atoms with van der Waals surface area (Å²) in [5.74, 6) is 0. The van der Waals surface area contributed by atoms with E-state index in [1.165, 1.54) is 308 Å². The molecule has 0 aromatic carbocycles. The van der Waals surface area contributed by atoms with E-state index in [9.17, 15) is 0 Å². The van der Waals surface area contributed by atoms with Gasteiger partial charge in [-0.2, -0.15) is 0 Å². The molecule has 1 heteroatoms. The van der Waals surface area contributed by atoms with E-state index in [4.69, 9.17) is 0 Å². The van der Waals surface area contributed by atoms with Crippen molar-refractivity contribution in [2.75, 3.05) is 26.2 Å². The van der Waals surface area contributed by atoms with Crippen molar-refractivity contribution in [3.05, 3.63) is 0 Å². The highest BCUT2D eigenvalue weighted by Crippen LogP contribution is 2.47. The van der Waals surface area contributed by atoms with Gasteiger partial charge in [-0.1, -0.05) is 296 Å². The molecule has 0 atom stereocenters. The zero-order valence-electron chi connectivity index (χ0n) is 38.4. The monoisotopic (exact) mass is 764 g/mol. The molecule has 0 fully saturated rings. The van der Waals surface area contributed by atoms with Gasteiger partial charge in [0.2, 0.25) is 0 Å². The molecule has 0 bridgehead atoms. The summed E-state index contributed by atoms with van der Waals surface area (Å²) in [6.45, 7) is 9.77. The fourth-order valence-electron chi connectivity index (χ4n) is 8.61. The van der Waals surface area contributed by atoms with E-state index >= 15 is 0 Å². The third-order valence-corrected chi connectivity index (χ3v) is 14.1. The number of unbranched alkanes of at least 4 members (excludes halogenated alkanes) is 46. The Kier molecular flexibility index (Phi) is 47.2. The van der Waals surface area contributed by atoms with Crippen LogP contribution in [0.15, 0.2) is 0 Å². The summed E-state index contributed by atoms with van der Waals surface area (Å²) in [5, 5.41) is 0. The van der Waals surface area contributed by atoms with Crippen molar-refractivity contribution in [2.24, 2.45) is 0 Å². The van der Waals surface area contributed by atoms with Gasteiger partial charge in [-0.25, -0.2) is 0 Å². The van der Waals surface area contributed by atoms with Crippen LogP contribution in [0.4, 0.5) is 0 Å². The van der Waals surface area contributed by atoms with Crippen LogP contribution in [-0.4, -0.2) is 26.2 Å². The second-order valence-corrected chi connectivity index (χ2v) is 24.3. The molecule has 0 aromatic heterocycles. The summed E-state index contributed by atoms with van der Waals surface area (Å²) in [5.41, 5.74) is 0. The molecule has 0 saturated carbocycles. The zero-order chi connectivity index (χ0) is 38.4. The minimum absolute atomic E-state index is 0.525. The van der Waals surface area contributed by atoms with Crippen LogP contribution in [0.3, 0.4) is 0 Å². The predicted molar refractivity (Wildman–Crippen MR) is 252 cm³/mol. The molecular formula is C52H108P+. The number of rotatable bonds is 48. The van der Waals surface area contributed by atoms with Gasteiger partial charge in [-0.15, -0.1) is 0 Å². The van der Waals surface area contributed by atoms with E-state index in [1.807, 2.05) is 0 Å². The van der Waals surface area contributed by atoms with Crippen molar-refractivity contribution >= 4 is 7.26 Å². The van der Waals surface area contributed by atoms with Crippen LogP contribution in [0.2, 0.25) is 0 Å². The van der Waals surface area contributed by atoms with Gasteiger partial charge in [0.15, 0.2) is 0 Å². The highest BCUT2D eigenvalue weighted by atomic mass is 31.2. The first-order valence-corrected chi connectivity index (χ1v) is 29.2. The van der Waals surface area contributed by atoms with Gasteiger partial charge in [0.25, 0.3) is 0 Å². The predicted octanol–water partition coefficient (Wildman–Crippen LogP) is 20.2. The fraction of sp³-hybridized carbons (Fsp3) is 1.00. The molecule has 0 spiro atoms. The molecule has 320 valence electrons.